The number of para-hydroxylation sites is 1. The van der Waals surface area contributed by atoms with Crippen molar-refractivity contribution in [3.8, 4) is 11.1 Å². The van der Waals surface area contributed by atoms with Gasteiger partial charge in [0.15, 0.2) is 0 Å². The molecule has 0 spiro atoms. The Morgan fingerprint density at radius 3 is 2.45 bits per heavy atom. The van der Waals surface area contributed by atoms with Crippen molar-refractivity contribution in [2.45, 2.75) is 0 Å². The molecule has 0 bridgehead atoms. The standard InChI is InChI=1S/C18H13NO/c19-13-6-3-5-12(11-13)14-8-4-10-17-18(14)15-7-1-2-9-16(15)20-17/h1-11H,19H2. The second kappa shape index (κ2) is 4.14. The number of hydrogen-bond donors (Lipinski definition) is 1. The second-order valence-corrected chi connectivity index (χ2v) is 4.90. The van der Waals surface area contributed by atoms with Crippen LogP contribution in [0.3, 0.4) is 0 Å². The Bertz CT molecular complexity index is 921. The van der Waals surface area contributed by atoms with Gasteiger partial charge in [-0.05, 0) is 35.4 Å². The first kappa shape index (κ1) is 11.1. The van der Waals surface area contributed by atoms with E-state index in [0.29, 0.717) is 0 Å². The van der Waals surface area contributed by atoms with Gasteiger partial charge in [-0.2, -0.15) is 0 Å². The lowest BCUT2D eigenvalue weighted by atomic mass is 9.99. The number of fused-ring (bicyclic) bond motifs is 3. The van der Waals surface area contributed by atoms with Gasteiger partial charge in [0.1, 0.15) is 11.2 Å². The lowest BCUT2D eigenvalue weighted by Crippen LogP contribution is -1.85. The zero-order chi connectivity index (χ0) is 13.5. The van der Waals surface area contributed by atoms with Crippen molar-refractivity contribution >= 4 is 27.6 Å². The lowest BCUT2D eigenvalue weighted by Gasteiger charge is -2.04. The Balaban J connectivity index is 2.14. The van der Waals surface area contributed by atoms with E-state index in [9.17, 15) is 0 Å². The maximum atomic E-state index is 5.91. The summed E-state index contributed by atoms with van der Waals surface area (Å²) in [7, 11) is 0. The molecule has 2 N–H and O–H groups in total. The van der Waals surface area contributed by atoms with Crippen LogP contribution >= 0.6 is 0 Å². The van der Waals surface area contributed by atoms with Crippen LogP contribution in [0.15, 0.2) is 71.1 Å². The highest BCUT2D eigenvalue weighted by molar-refractivity contribution is 6.12. The Labute approximate surface area is 116 Å². The summed E-state index contributed by atoms with van der Waals surface area (Å²) < 4.78 is 5.91. The third-order valence-electron chi connectivity index (χ3n) is 3.60. The summed E-state index contributed by atoms with van der Waals surface area (Å²) >= 11 is 0. The molecule has 1 aromatic heterocycles. The molecule has 0 aliphatic carbocycles. The summed E-state index contributed by atoms with van der Waals surface area (Å²) in [6.45, 7) is 0. The molecule has 2 nitrogen and oxygen atoms in total. The fraction of sp³-hybridized carbons (Fsp3) is 0. The van der Waals surface area contributed by atoms with E-state index in [4.69, 9.17) is 10.2 Å². The maximum absolute atomic E-state index is 5.91. The Hall–Kier alpha value is -2.74. The molecule has 2 heteroatoms. The van der Waals surface area contributed by atoms with Crippen LogP contribution in [0.4, 0.5) is 5.69 Å². The van der Waals surface area contributed by atoms with Crippen LogP contribution in [0.1, 0.15) is 0 Å². The summed E-state index contributed by atoms with van der Waals surface area (Å²) in [6.07, 6.45) is 0. The van der Waals surface area contributed by atoms with Gasteiger partial charge in [-0.1, -0.05) is 42.5 Å². The SMILES string of the molecule is Nc1cccc(-c2cccc3oc4ccccc4c23)c1. The molecule has 0 aliphatic heterocycles. The fourth-order valence-corrected chi connectivity index (χ4v) is 2.72. The summed E-state index contributed by atoms with van der Waals surface area (Å²) in [5.41, 5.74) is 10.8. The number of benzene rings is 3. The Morgan fingerprint density at radius 1 is 0.750 bits per heavy atom. The van der Waals surface area contributed by atoms with E-state index in [0.717, 1.165) is 38.8 Å². The highest BCUT2D eigenvalue weighted by Gasteiger charge is 2.11. The number of nitrogens with two attached hydrogens (primary N) is 1. The summed E-state index contributed by atoms with van der Waals surface area (Å²) in [5, 5.41) is 2.29. The monoisotopic (exact) mass is 259 g/mol. The molecule has 20 heavy (non-hydrogen) atoms. The van der Waals surface area contributed by atoms with E-state index in [1.165, 1.54) is 0 Å². The second-order valence-electron chi connectivity index (χ2n) is 4.90. The van der Waals surface area contributed by atoms with Gasteiger partial charge in [-0.3, -0.25) is 0 Å². The topological polar surface area (TPSA) is 39.2 Å². The van der Waals surface area contributed by atoms with Crippen molar-refractivity contribution in [1.29, 1.82) is 0 Å². The summed E-state index contributed by atoms with van der Waals surface area (Å²) in [4.78, 5) is 0. The third-order valence-corrected chi connectivity index (χ3v) is 3.60. The molecule has 3 aromatic carbocycles. The predicted molar refractivity (Wildman–Crippen MR) is 83.6 cm³/mol. The van der Waals surface area contributed by atoms with Gasteiger partial charge in [0.05, 0.1) is 0 Å². The largest absolute Gasteiger partial charge is 0.456 e. The van der Waals surface area contributed by atoms with Gasteiger partial charge >= 0.3 is 0 Å². The molecule has 0 unspecified atom stereocenters. The van der Waals surface area contributed by atoms with E-state index in [1.54, 1.807) is 0 Å². The molecular formula is C18H13NO. The molecule has 96 valence electrons. The first-order valence-corrected chi connectivity index (χ1v) is 6.59. The highest BCUT2D eigenvalue weighted by Crippen LogP contribution is 2.36. The Kier molecular flexibility index (Phi) is 2.30. The van der Waals surface area contributed by atoms with Crippen molar-refractivity contribution in [1.82, 2.24) is 0 Å². The third kappa shape index (κ3) is 1.58. The zero-order valence-electron chi connectivity index (χ0n) is 10.8. The lowest BCUT2D eigenvalue weighted by molar-refractivity contribution is 0.669. The van der Waals surface area contributed by atoms with Crippen molar-refractivity contribution in [2.75, 3.05) is 5.73 Å². The predicted octanol–water partition coefficient (Wildman–Crippen LogP) is 4.84. The van der Waals surface area contributed by atoms with E-state index in [2.05, 4.69) is 18.2 Å². The van der Waals surface area contributed by atoms with Crippen molar-refractivity contribution in [2.24, 2.45) is 0 Å². The molecule has 0 saturated carbocycles. The Morgan fingerprint density at radius 2 is 1.55 bits per heavy atom. The van der Waals surface area contributed by atoms with Crippen LogP contribution in [0.5, 0.6) is 0 Å². The minimum absolute atomic E-state index is 0.771. The van der Waals surface area contributed by atoms with Crippen LogP contribution in [0, 0.1) is 0 Å². The van der Waals surface area contributed by atoms with Gasteiger partial charge in [0.2, 0.25) is 0 Å². The molecule has 1 heterocycles. The molecule has 0 saturated heterocycles. The minimum atomic E-state index is 0.771. The average Bonchev–Trinajstić information content (AvgIpc) is 2.85. The van der Waals surface area contributed by atoms with Crippen LogP contribution in [-0.2, 0) is 0 Å². The van der Waals surface area contributed by atoms with E-state index in [1.807, 2.05) is 48.5 Å². The normalized spacial score (nSPS) is 11.2. The molecule has 0 fully saturated rings. The average molecular weight is 259 g/mol. The fourth-order valence-electron chi connectivity index (χ4n) is 2.72. The molecule has 0 radical (unpaired) electrons. The quantitative estimate of drug-likeness (QED) is 0.497. The van der Waals surface area contributed by atoms with Gasteiger partial charge in [-0.15, -0.1) is 0 Å². The van der Waals surface area contributed by atoms with Gasteiger partial charge in [-0.25, -0.2) is 0 Å². The maximum Gasteiger partial charge on any atom is 0.136 e. The van der Waals surface area contributed by atoms with Crippen LogP contribution in [0.25, 0.3) is 33.1 Å². The molecule has 4 rings (SSSR count). The molecule has 0 amide bonds. The van der Waals surface area contributed by atoms with E-state index in [-0.39, 0.29) is 0 Å². The zero-order valence-corrected chi connectivity index (χ0v) is 10.8. The van der Waals surface area contributed by atoms with Crippen molar-refractivity contribution in [3.63, 3.8) is 0 Å². The van der Waals surface area contributed by atoms with Crippen molar-refractivity contribution in [3.05, 3.63) is 66.7 Å². The van der Waals surface area contributed by atoms with E-state index >= 15 is 0 Å². The van der Waals surface area contributed by atoms with Gasteiger partial charge < -0.3 is 10.2 Å². The van der Waals surface area contributed by atoms with Crippen LogP contribution < -0.4 is 5.73 Å². The van der Waals surface area contributed by atoms with Gasteiger partial charge in [0, 0.05) is 16.5 Å². The molecular weight excluding hydrogens is 246 g/mol. The highest BCUT2D eigenvalue weighted by atomic mass is 16.3. The number of furan rings is 1. The van der Waals surface area contributed by atoms with Crippen LogP contribution in [0.2, 0.25) is 0 Å². The number of nitrogen functional groups attached to an aromatic ring is 1. The summed E-state index contributed by atoms with van der Waals surface area (Å²) in [6, 6.07) is 22.2. The molecule has 4 aromatic rings. The smallest absolute Gasteiger partial charge is 0.136 e. The first-order valence-electron chi connectivity index (χ1n) is 6.59. The van der Waals surface area contributed by atoms with Crippen molar-refractivity contribution < 1.29 is 4.42 Å². The molecule has 0 atom stereocenters. The first-order chi connectivity index (χ1) is 9.83. The summed E-state index contributed by atoms with van der Waals surface area (Å²) in [5.74, 6) is 0. The number of rotatable bonds is 1. The number of anilines is 1. The molecule has 0 aliphatic rings. The van der Waals surface area contributed by atoms with Gasteiger partial charge in [0.25, 0.3) is 0 Å². The minimum Gasteiger partial charge on any atom is -0.456 e. The number of hydrogen-bond acceptors (Lipinski definition) is 2. The van der Waals surface area contributed by atoms with Crippen LogP contribution in [-0.4, -0.2) is 0 Å². The van der Waals surface area contributed by atoms with E-state index < -0.39 is 0 Å².